The number of nitrogens with zero attached hydrogens (tertiary/aromatic N) is 1. The van der Waals surface area contributed by atoms with Crippen molar-refractivity contribution in [2.24, 2.45) is 0 Å². The Morgan fingerprint density at radius 3 is 2.62 bits per heavy atom. The predicted octanol–water partition coefficient (Wildman–Crippen LogP) is 3.57. The molecular formula is C20H19FN2O3. The first kappa shape index (κ1) is 17.7. The van der Waals surface area contributed by atoms with Crippen LogP contribution in [0, 0.1) is 5.82 Å². The molecule has 0 aliphatic carbocycles. The highest BCUT2D eigenvalue weighted by molar-refractivity contribution is 5.92. The average molecular weight is 354 g/mol. The third kappa shape index (κ3) is 3.91. The number of fused-ring (bicyclic) bond motifs is 1. The summed E-state index contributed by atoms with van der Waals surface area (Å²) in [6.07, 6.45) is 2.60. The Morgan fingerprint density at radius 2 is 1.88 bits per heavy atom. The van der Waals surface area contributed by atoms with E-state index in [1.54, 1.807) is 29.0 Å². The average Bonchev–Trinajstić information content (AvgIpc) is 2.64. The Balaban J connectivity index is 1.74. The van der Waals surface area contributed by atoms with Crippen molar-refractivity contribution in [3.63, 3.8) is 0 Å². The lowest BCUT2D eigenvalue weighted by molar-refractivity contribution is -0.118. The van der Waals surface area contributed by atoms with Gasteiger partial charge in [-0.2, -0.15) is 0 Å². The Morgan fingerprint density at radius 1 is 1.12 bits per heavy atom. The summed E-state index contributed by atoms with van der Waals surface area (Å²) in [6.45, 7) is 2.45. The van der Waals surface area contributed by atoms with Gasteiger partial charge in [-0.25, -0.2) is 4.39 Å². The van der Waals surface area contributed by atoms with Gasteiger partial charge in [-0.15, -0.1) is 0 Å². The van der Waals surface area contributed by atoms with Crippen LogP contribution in [0.25, 0.3) is 10.8 Å². The van der Waals surface area contributed by atoms with Crippen molar-refractivity contribution in [1.82, 2.24) is 4.57 Å². The molecule has 26 heavy (non-hydrogen) atoms. The van der Waals surface area contributed by atoms with E-state index in [0.29, 0.717) is 28.8 Å². The Hall–Kier alpha value is -3.15. The monoisotopic (exact) mass is 354 g/mol. The fourth-order valence-corrected chi connectivity index (χ4v) is 2.71. The lowest BCUT2D eigenvalue weighted by atomic mass is 10.1. The summed E-state index contributed by atoms with van der Waals surface area (Å²) in [5, 5.41) is 3.85. The van der Waals surface area contributed by atoms with Crippen molar-refractivity contribution in [2.75, 3.05) is 11.9 Å². The summed E-state index contributed by atoms with van der Waals surface area (Å²) in [5.74, 6) is -0.269. The molecule has 0 radical (unpaired) electrons. The zero-order chi connectivity index (χ0) is 18.5. The number of aryl methyl sites for hydroxylation is 1. The first-order chi connectivity index (χ1) is 12.6. The molecule has 134 valence electrons. The number of ether oxygens (including phenoxy) is 1. The van der Waals surface area contributed by atoms with Gasteiger partial charge in [-0.3, -0.25) is 9.59 Å². The number of anilines is 1. The van der Waals surface area contributed by atoms with E-state index in [4.69, 9.17) is 4.74 Å². The van der Waals surface area contributed by atoms with Gasteiger partial charge in [0, 0.05) is 23.8 Å². The van der Waals surface area contributed by atoms with E-state index in [2.05, 4.69) is 5.32 Å². The van der Waals surface area contributed by atoms with Crippen molar-refractivity contribution in [3.05, 3.63) is 70.9 Å². The van der Waals surface area contributed by atoms with Crippen LogP contribution < -0.4 is 15.6 Å². The van der Waals surface area contributed by atoms with Gasteiger partial charge in [0.05, 0.1) is 5.39 Å². The quantitative estimate of drug-likeness (QED) is 0.736. The zero-order valence-electron chi connectivity index (χ0n) is 14.4. The normalized spacial score (nSPS) is 10.7. The van der Waals surface area contributed by atoms with Gasteiger partial charge in [0.15, 0.2) is 6.61 Å². The third-order valence-electron chi connectivity index (χ3n) is 3.93. The Bertz CT molecular complexity index is 981. The van der Waals surface area contributed by atoms with Crippen LogP contribution >= 0.6 is 0 Å². The van der Waals surface area contributed by atoms with Crippen LogP contribution in [0.5, 0.6) is 5.75 Å². The summed E-state index contributed by atoms with van der Waals surface area (Å²) >= 11 is 0. The van der Waals surface area contributed by atoms with Gasteiger partial charge in [0.2, 0.25) is 0 Å². The summed E-state index contributed by atoms with van der Waals surface area (Å²) < 4.78 is 20.1. The molecule has 0 atom stereocenters. The molecule has 0 fully saturated rings. The molecule has 3 rings (SSSR count). The van der Waals surface area contributed by atoms with Crippen LogP contribution in [0.15, 0.2) is 59.5 Å². The number of benzene rings is 2. The highest BCUT2D eigenvalue weighted by Crippen LogP contribution is 2.23. The van der Waals surface area contributed by atoms with Gasteiger partial charge < -0.3 is 14.6 Å². The third-order valence-corrected chi connectivity index (χ3v) is 3.93. The van der Waals surface area contributed by atoms with E-state index >= 15 is 0 Å². The summed E-state index contributed by atoms with van der Waals surface area (Å²) in [7, 11) is 0. The van der Waals surface area contributed by atoms with Gasteiger partial charge in [-0.1, -0.05) is 13.0 Å². The first-order valence-corrected chi connectivity index (χ1v) is 8.39. The van der Waals surface area contributed by atoms with Crippen LogP contribution in [-0.2, 0) is 11.3 Å². The number of hydrogen-bond donors (Lipinski definition) is 1. The second-order valence-corrected chi connectivity index (χ2v) is 5.88. The number of amides is 1. The van der Waals surface area contributed by atoms with Crippen LogP contribution in [0.1, 0.15) is 13.3 Å². The number of rotatable bonds is 6. The molecule has 5 nitrogen and oxygen atoms in total. The first-order valence-electron chi connectivity index (χ1n) is 8.39. The SMILES string of the molecule is CCCn1ccc2c(OCC(=O)Nc3ccc(F)cc3)cccc2c1=O. The van der Waals surface area contributed by atoms with Crippen LogP contribution in [0.4, 0.5) is 10.1 Å². The van der Waals surface area contributed by atoms with E-state index in [9.17, 15) is 14.0 Å². The molecule has 2 aromatic carbocycles. The smallest absolute Gasteiger partial charge is 0.262 e. The molecule has 0 aliphatic heterocycles. The molecule has 0 aliphatic rings. The minimum absolute atomic E-state index is 0.0782. The van der Waals surface area contributed by atoms with Crippen LogP contribution in [-0.4, -0.2) is 17.1 Å². The zero-order valence-corrected chi connectivity index (χ0v) is 14.4. The number of carbonyl (C=O) groups excluding carboxylic acids is 1. The largest absolute Gasteiger partial charge is 0.483 e. The van der Waals surface area contributed by atoms with Gasteiger partial charge in [0.1, 0.15) is 11.6 Å². The Kier molecular flexibility index (Phi) is 5.31. The second-order valence-electron chi connectivity index (χ2n) is 5.88. The molecule has 3 aromatic rings. The maximum Gasteiger partial charge on any atom is 0.262 e. The molecule has 0 bridgehead atoms. The lowest BCUT2D eigenvalue weighted by Gasteiger charge is -2.11. The topological polar surface area (TPSA) is 60.3 Å². The van der Waals surface area contributed by atoms with Gasteiger partial charge in [0.25, 0.3) is 11.5 Å². The standard InChI is InChI=1S/C20H19FN2O3/c1-2-11-23-12-10-16-17(20(23)25)4-3-5-18(16)26-13-19(24)22-15-8-6-14(21)7-9-15/h3-10,12H,2,11,13H2,1H3,(H,22,24). The predicted molar refractivity (Wildman–Crippen MR) is 99.0 cm³/mol. The number of aromatic nitrogens is 1. The minimum Gasteiger partial charge on any atom is -0.483 e. The minimum atomic E-state index is -0.372. The Labute approximate surface area is 150 Å². The van der Waals surface area contributed by atoms with E-state index < -0.39 is 0 Å². The molecule has 0 unspecified atom stereocenters. The highest BCUT2D eigenvalue weighted by Gasteiger charge is 2.09. The van der Waals surface area contributed by atoms with Crippen LogP contribution in [0.3, 0.4) is 0 Å². The number of nitrogens with one attached hydrogen (secondary N) is 1. The molecule has 1 aromatic heterocycles. The van der Waals surface area contributed by atoms with E-state index in [1.807, 2.05) is 13.0 Å². The van der Waals surface area contributed by atoms with Crippen molar-refractivity contribution in [3.8, 4) is 5.75 Å². The number of hydrogen-bond acceptors (Lipinski definition) is 3. The second kappa shape index (κ2) is 7.82. The molecule has 1 amide bonds. The van der Waals surface area contributed by atoms with Gasteiger partial charge in [-0.05, 0) is 48.9 Å². The molecule has 0 saturated carbocycles. The molecule has 1 N–H and O–H groups in total. The molecule has 1 heterocycles. The molecule has 6 heteroatoms. The highest BCUT2D eigenvalue weighted by atomic mass is 19.1. The van der Waals surface area contributed by atoms with Crippen LogP contribution in [0.2, 0.25) is 0 Å². The van der Waals surface area contributed by atoms with E-state index in [1.165, 1.54) is 24.3 Å². The van der Waals surface area contributed by atoms with Crippen molar-refractivity contribution >= 4 is 22.4 Å². The van der Waals surface area contributed by atoms with Crippen molar-refractivity contribution in [1.29, 1.82) is 0 Å². The van der Waals surface area contributed by atoms with Crippen molar-refractivity contribution in [2.45, 2.75) is 19.9 Å². The number of pyridine rings is 1. The van der Waals surface area contributed by atoms with Crippen molar-refractivity contribution < 1.29 is 13.9 Å². The maximum atomic E-state index is 12.9. The number of carbonyl (C=O) groups is 1. The van der Waals surface area contributed by atoms with E-state index in [0.717, 1.165) is 6.42 Å². The molecular weight excluding hydrogens is 335 g/mol. The maximum absolute atomic E-state index is 12.9. The lowest BCUT2D eigenvalue weighted by Crippen LogP contribution is -2.21. The number of halogens is 1. The fourth-order valence-electron chi connectivity index (χ4n) is 2.71. The summed E-state index contributed by atoms with van der Waals surface area (Å²) in [5.41, 5.74) is 0.408. The summed E-state index contributed by atoms with van der Waals surface area (Å²) in [4.78, 5) is 24.5. The summed E-state index contributed by atoms with van der Waals surface area (Å²) in [6, 6.07) is 12.5. The molecule has 0 spiro atoms. The molecule has 0 saturated heterocycles. The fraction of sp³-hybridized carbons (Fsp3) is 0.200. The van der Waals surface area contributed by atoms with Gasteiger partial charge >= 0.3 is 0 Å². The van der Waals surface area contributed by atoms with E-state index in [-0.39, 0.29) is 23.9 Å².